The standard InChI is InChI=1S/C16H20BrNO2/c1-2-18-13-9-8-12(10-14(13)20-16(18)19)15(17)11-6-4-3-5-7-11/h8-11,15H,2-7H2,1H3. The lowest BCUT2D eigenvalue weighted by molar-refractivity contribution is 0.354. The number of alkyl halides is 1. The summed E-state index contributed by atoms with van der Waals surface area (Å²) in [5.41, 5.74) is 2.82. The van der Waals surface area contributed by atoms with Gasteiger partial charge in [0.1, 0.15) is 0 Å². The Morgan fingerprint density at radius 2 is 2.10 bits per heavy atom. The van der Waals surface area contributed by atoms with Crippen LogP contribution in [0.2, 0.25) is 0 Å². The van der Waals surface area contributed by atoms with Gasteiger partial charge >= 0.3 is 5.76 Å². The summed E-state index contributed by atoms with van der Waals surface area (Å²) in [6.45, 7) is 2.60. The van der Waals surface area contributed by atoms with E-state index in [1.54, 1.807) is 4.57 Å². The smallest absolute Gasteiger partial charge is 0.408 e. The highest BCUT2D eigenvalue weighted by Gasteiger charge is 2.23. The van der Waals surface area contributed by atoms with Crippen molar-refractivity contribution in [1.82, 2.24) is 4.57 Å². The van der Waals surface area contributed by atoms with E-state index in [9.17, 15) is 4.79 Å². The molecule has 0 radical (unpaired) electrons. The summed E-state index contributed by atoms with van der Waals surface area (Å²) in [6, 6.07) is 6.16. The molecule has 1 aromatic heterocycles. The Hall–Kier alpha value is -1.03. The summed E-state index contributed by atoms with van der Waals surface area (Å²) in [5, 5.41) is 0. The fourth-order valence-electron chi connectivity index (χ4n) is 3.25. The molecule has 108 valence electrons. The first-order chi connectivity index (χ1) is 9.70. The second-order valence-corrected chi connectivity index (χ2v) is 6.63. The van der Waals surface area contributed by atoms with Gasteiger partial charge < -0.3 is 4.42 Å². The van der Waals surface area contributed by atoms with Crippen LogP contribution in [0.5, 0.6) is 0 Å². The molecule has 1 fully saturated rings. The van der Waals surface area contributed by atoms with Crippen LogP contribution in [0.1, 0.15) is 49.4 Å². The summed E-state index contributed by atoms with van der Waals surface area (Å²) in [5.74, 6) is 0.435. The average molecular weight is 338 g/mol. The number of oxazole rings is 1. The van der Waals surface area contributed by atoms with Crippen molar-refractivity contribution < 1.29 is 4.42 Å². The minimum absolute atomic E-state index is 0.261. The lowest BCUT2D eigenvalue weighted by Gasteiger charge is -2.26. The Labute approximate surface area is 127 Å². The van der Waals surface area contributed by atoms with E-state index in [1.165, 1.54) is 37.7 Å². The fourth-order valence-corrected chi connectivity index (χ4v) is 4.07. The van der Waals surface area contributed by atoms with Crippen molar-refractivity contribution >= 4 is 27.0 Å². The van der Waals surface area contributed by atoms with Crippen LogP contribution in [0.3, 0.4) is 0 Å². The van der Waals surface area contributed by atoms with Crippen LogP contribution < -0.4 is 5.76 Å². The quantitative estimate of drug-likeness (QED) is 0.765. The van der Waals surface area contributed by atoms with Gasteiger partial charge in [-0.2, -0.15) is 0 Å². The molecule has 0 bridgehead atoms. The zero-order chi connectivity index (χ0) is 14.1. The molecule has 1 atom stereocenters. The summed E-state index contributed by atoms with van der Waals surface area (Å²) >= 11 is 3.85. The van der Waals surface area contributed by atoms with Crippen LogP contribution in [-0.4, -0.2) is 4.57 Å². The van der Waals surface area contributed by atoms with Crippen LogP contribution in [0, 0.1) is 5.92 Å². The van der Waals surface area contributed by atoms with E-state index >= 15 is 0 Å². The van der Waals surface area contributed by atoms with Gasteiger partial charge in [-0.15, -0.1) is 0 Å². The molecule has 0 saturated heterocycles. The molecule has 0 spiro atoms. The fraction of sp³-hybridized carbons (Fsp3) is 0.562. The Bertz CT molecular complexity index is 652. The number of rotatable bonds is 3. The Balaban J connectivity index is 1.94. The van der Waals surface area contributed by atoms with Crippen molar-refractivity contribution in [3.63, 3.8) is 0 Å². The number of hydrogen-bond donors (Lipinski definition) is 0. The maximum Gasteiger partial charge on any atom is 0.419 e. The van der Waals surface area contributed by atoms with Crippen molar-refractivity contribution in [3.05, 3.63) is 34.3 Å². The second-order valence-electron chi connectivity index (χ2n) is 5.64. The SMILES string of the molecule is CCn1c(=O)oc2cc(C(Br)C3CCCCC3)ccc21. The number of halogens is 1. The molecule has 1 aromatic carbocycles. The number of hydrogen-bond acceptors (Lipinski definition) is 2. The predicted octanol–water partition coefficient (Wildman–Crippen LogP) is 4.63. The van der Waals surface area contributed by atoms with Gasteiger partial charge in [0, 0.05) is 11.4 Å². The van der Waals surface area contributed by atoms with Gasteiger partial charge in [-0.05, 0) is 43.4 Å². The molecule has 2 aromatic rings. The molecule has 1 heterocycles. The monoisotopic (exact) mass is 337 g/mol. The van der Waals surface area contributed by atoms with E-state index in [2.05, 4.69) is 22.0 Å². The minimum atomic E-state index is -0.261. The number of fused-ring (bicyclic) bond motifs is 1. The first-order valence-electron chi connectivity index (χ1n) is 7.48. The van der Waals surface area contributed by atoms with Gasteiger partial charge in [0.2, 0.25) is 0 Å². The number of nitrogens with zero attached hydrogens (tertiary/aromatic N) is 1. The van der Waals surface area contributed by atoms with Crippen molar-refractivity contribution in [2.75, 3.05) is 0 Å². The van der Waals surface area contributed by atoms with Crippen LogP contribution in [0.25, 0.3) is 11.1 Å². The van der Waals surface area contributed by atoms with E-state index in [4.69, 9.17) is 4.42 Å². The summed E-state index contributed by atoms with van der Waals surface area (Å²) in [4.78, 5) is 12.1. The molecule has 0 amide bonds. The molecule has 0 N–H and O–H groups in total. The van der Waals surface area contributed by atoms with Crippen LogP contribution in [-0.2, 0) is 6.54 Å². The molecule has 0 aliphatic heterocycles. The number of aryl methyl sites for hydroxylation is 1. The van der Waals surface area contributed by atoms with Crippen molar-refractivity contribution in [1.29, 1.82) is 0 Å². The molecular formula is C16H20BrNO2. The van der Waals surface area contributed by atoms with Gasteiger partial charge in [0.15, 0.2) is 5.58 Å². The largest absolute Gasteiger partial charge is 0.419 e. The van der Waals surface area contributed by atoms with Crippen molar-refractivity contribution in [2.45, 2.75) is 50.4 Å². The van der Waals surface area contributed by atoms with Crippen LogP contribution in [0.4, 0.5) is 0 Å². The Morgan fingerprint density at radius 3 is 2.80 bits per heavy atom. The van der Waals surface area contributed by atoms with E-state index in [0.717, 1.165) is 5.52 Å². The van der Waals surface area contributed by atoms with Crippen LogP contribution in [0.15, 0.2) is 27.4 Å². The van der Waals surface area contributed by atoms with Gasteiger partial charge in [-0.25, -0.2) is 4.79 Å². The van der Waals surface area contributed by atoms with Crippen LogP contribution >= 0.6 is 15.9 Å². The molecule has 1 aliphatic rings. The van der Waals surface area contributed by atoms with Crippen molar-refractivity contribution in [3.8, 4) is 0 Å². The normalized spacial score (nSPS) is 18.5. The molecule has 4 heteroatoms. The first kappa shape index (κ1) is 13.9. The highest BCUT2D eigenvalue weighted by atomic mass is 79.9. The summed E-state index contributed by atoms with van der Waals surface area (Å²) in [7, 11) is 0. The average Bonchev–Trinajstić information content (AvgIpc) is 2.81. The Kier molecular flexibility index (Phi) is 4.01. The highest BCUT2D eigenvalue weighted by molar-refractivity contribution is 9.09. The molecule has 3 rings (SSSR count). The third-order valence-electron chi connectivity index (χ3n) is 4.39. The first-order valence-corrected chi connectivity index (χ1v) is 8.39. The zero-order valence-electron chi connectivity index (χ0n) is 11.8. The lowest BCUT2D eigenvalue weighted by Crippen LogP contribution is -2.12. The third-order valence-corrected chi connectivity index (χ3v) is 5.67. The van der Waals surface area contributed by atoms with Gasteiger partial charge in [-0.1, -0.05) is 41.3 Å². The topological polar surface area (TPSA) is 35.1 Å². The lowest BCUT2D eigenvalue weighted by atomic mass is 9.85. The van der Waals surface area contributed by atoms with E-state index < -0.39 is 0 Å². The molecule has 20 heavy (non-hydrogen) atoms. The van der Waals surface area contributed by atoms with E-state index in [0.29, 0.717) is 22.9 Å². The highest BCUT2D eigenvalue weighted by Crippen LogP contribution is 2.40. The van der Waals surface area contributed by atoms with E-state index in [-0.39, 0.29) is 5.76 Å². The van der Waals surface area contributed by atoms with Gasteiger partial charge in [-0.3, -0.25) is 4.57 Å². The zero-order valence-corrected chi connectivity index (χ0v) is 13.4. The summed E-state index contributed by atoms with van der Waals surface area (Å²) < 4.78 is 7.02. The third kappa shape index (κ3) is 2.46. The molecule has 1 saturated carbocycles. The molecule has 1 unspecified atom stereocenters. The van der Waals surface area contributed by atoms with Gasteiger partial charge in [0.05, 0.1) is 5.52 Å². The molecule has 1 aliphatic carbocycles. The van der Waals surface area contributed by atoms with Crippen molar-refractivity contribution in [2.24, 2.45) is 5.92 Å². The Morgan fingerprint density at radius 1 is 1.35 bits per heavy atom. The maximum absolute atomic E-state index is 11.7. The molecule has 3 nitrogen and oxygen atoms in total. The van der Waals surface area contributed by atoms with Gasteiger partial charge in [0.25, 0.3) is 0 Å². The second kappa shape index (κ2) is 5.76. The maximum atomic E-state index is 11.7. The summed E-state index contributed by atoms with van der Waals surface area (Å²) in [6.07, 6.45) is 6.60. The number of aromatic nitrogens is 1. The van der Waals surface area contributed by atoms with E-state index in [1.807, 2.05) is 19.1 Å². The number of benzene rings is 1. The minimum Gasteiger partial charge on any atom is -0.408 e. The predicted molar refractivity (Wildman–Crippen MR) is 84.4 cm³/mol. The molecular weight excluding hydrogens is 318 g/mol.